The van der Waals surface area contributed by atoms with E-state index in [2.05, 4.69) is 20.2 Å². The second-order valence-corrected chi connectivity index (χ2v) is 7.25. The molecule has 0 saturated carbocycles. The van der Waals surface area contributed by atoms with Crippen molar-refractivity contribution >= 4 is 33.3 Å². The molecule has 0 radical (unpaired) electrons. The van der Waals surface area contributed by atoms with Crippen molar-refractivity contribution in [3.8, 4) is 23.0 Å². The molecular weight excluding hydrogens is 388 g/mol. The maximum Gasteiger partial charge on any atom is 0.277 e. The first-order chi connectivity index (χ1) is 13.2. The van der Waals surface area contributed by atoms with Gasteiger partial charge in [-0.05, 0) is 23.6 Å². The van der Waals surface area contributed by atoms with E-state index in [0.717, 1.165) is 0 Å². The number of benzene rings is 1. The minimum Gasteiger partial charge on any atom is -0.497 e. The van der Waals surface area contributed by atoms with Gasteiger partial charge >= 0.3 is 0 Å². The largest absolute Gasteiger partial charge is 0.497 e. The van der Waals surface area contributed by atoms with E-state index in [1.54, 1.807) is 32.4 Å². The highest BCUT2D eigenvalue weighted by Gasteiger charge is 2.13. The summed E-state index contributed by atoms with van der Waals surface area (Å²) >= 11 is 2.67. The highest BCUT2D eigenvalue weighted by molar-refractivity contribution is 7.98. The molecule has 8 nitrogen and oxygen atoms in total. The Hall–Kier alpha value is -2.85. The van der Waals surface area contributed by atoms with Gasteiger partial charge in [0.1, 0.15) is 22.0 Å². The number of H-pyrrole nitrogens is 1. The lowest BCUT2D eigenvalue weighted by molar-refractivity contribution is 0.394. The van der Waals surface area contributed by atoms with Gasteiger partial charge in [0.15, 0.2) is 0 Å². The Bertz CT molecular complexity index is 1130. The van der Waals surface area contributed by atoms with Crippen LogP contribution in [-0.4, -0.2) is 34.4 Å². The molecular formula is C17H14N4O4S2. The number of methoxy groups -OCH3 is 2. The number of thiophene rings is 1. The van der Waals surface area contributed by atoms with Crippen molar-refractivity contribution in [3.05, 3.63) is 45.8 Å². The van der Waals surface area contributed by atoms with Crippen molar-refractivity contribution in [1.29, 1.82) is 0 Å². The minimum atomic E-state index is -0.139. The fraction of sp³-hybridized carbons (Fsp3) is 0.176. The normalized spacial score (nSPS) is 11.0. The molecule has 0 aliphatic carbocycles. The van der Waals surface area contributed by atoms with Crippen LogP contribution in [0.3, 0.4) is 0 Å². The smallest absolute Gasteiger partial charge is 0.277 e. The number of thioether (sulfide) groups is 1. The average molecular weight is 402 g/mol. The Morgan fingerprint density at radius 3 is 2.70 bits per heavy atom. The van der Waals surface area contributed by atoms with E-state index >= 15 is 0 Å². The van der Waals surface area contributed by atoms with Crippen molar-refractivity contribution in [1.82, 2.24) is 20.2 Å². The summed E-state index contributed by atoms with van der Waals surface area (Å²) in [4.78, 5) is 19.2. The van der Waals surface area contributed by atoms with E-state index < -0.39 is 0 Å². The molecule has 0 aliphatic rings. The molecule has 0 fully saturated rings. The number of nitrogens with one attached hydrogen (secondary N) is 1. The van der Waals surface area contributed by atoms with Crippen molar-refractivity contribution in [2.75, 3.05) is 14.2 Å². The molecule has 10 heteroatoms. The fourth-order valence-electron chi connectivity index (χ4n) is 2.44. The molecule has 1 aromatic carbocycles. The van der Waals surface area contributed by atoms with Crippen LogP contribution in [0.1, 0.15) is 5.82 Å². The predicted octanol–water partition coefficient (Wildman–Crippen LogP) is 3.34. The Balaban J connectivity index is 1.53. The summed E-state index contributed by atoms with van der Waals surface area (Å²) in [5.74, 6) is 2.57. The van der Waals surface area contributed by atoms with Crippen LogP contribution < -0.4 is 15.0 Å². The van der Waals surface area contributed by atoms with Crippen molar-refractivity contribution in [3.63, 3.8) is 0 Å². The summed E-state index contributed by atoms with van der Waals surface area (Å²) in [5.41, 5.74) is 1.24. The molecule has 0 bridgehead atoms. The first-order valence-electron chi connectivity index (χ1n) is 7.82. The van der Waals surface area contributed by atoms with Gasteiger partial charge in [-0.3, -0.25) is 4.79 Å². The predicted molar refractivity (Wildman–Crippen MR) is 103 cm³/mol. The van der Waals surface area contributed by atoms with E-state index in [9.17, 15) is 4.79 Å². The number of hydrogen-bond donors (Lipinski definition) is 1. The Labute approximate surface area is 161 Å². The zero-order chi connectivity index (χ0) is 18.8. The molecule has 0 amide bonds. The van der Waals surface area contributed by atoms with Crippen molar-refractivity contribution in [2.45, 2.75) is 11.0 Å². The van der Waals surface area contributed by atoms with Gasteiger partial charge in [0.2, 0.25) is 5.89 Å². The summed E-state index contributed by atoms with van der Waals surface area (Å²) in [6, 6.07) is 7.16. The lowest BCUT2D eigenvalue weighted by Crippen LogP contribution is -2.09. The highest BCUT2D eigenvalue weighted by Crippen LogP contribution is 2.31. The van der Waals surface area contributed by atoms with Gasteiger partial charge in [-0.1, -0.05) is 11.8 Å². The zero-order valence-electron chi connectivity index (χ0n) is 14.4. The van der Waals surface area contributed by atoms with Crippen molar-refractivity contribution < 1.29 is 13.9 Å². The second-order valence-electron chi connectivity index (χ2n) is 5.41. The quantitative estimate of drug-likeness (QED) is 0.490. The number of ether oxygens (including phenoxy) is 2. The molecule has 4 aromatic rings. The molecule has 4 rings (SSSR count). The van der Waals surface area contributed by atoms with Crippen LogP contribution in [0.5, 0.6) is 11.5 Å². The number of hydrogen-bond acceptors (Lipinski definition) is 9. The Kier molecular flexibility index (Phi) is 4.82. The molecule has 0 atom stereocenters. The van der Waals surface area contributed by atoms with Gasteiger partial charge in [0.05, 0.1) is 25.5 Å². The Morgan fingerprint density at radius 1 is 1.19 bits per heavy atom. The molecule has 138 valence electrons. The third-order valence-electron chi connectivity index (χ3n) is 3.70. The molecule has 3 heterocycles. The molecule has 0 saturated heterocycles. The van der Waals surface area contributed by atoms with Crippen LogP contribution in [-0.2, 0) is 5.75 Å². The summed E-state index contributed by atoms with van der Waals surface area (Å²) in [7, 11) is 3.15. The average Bonchev–Trinajstić information content (AvgIpc) is 3.35. The van der Waals surface area contributed by atoms with E-state index in [-0.39, 0.29) is 5.56 Å². The Morgan fingerprint density at radius 2 is 1.96 bits per heavy atom. The third-order valence-corrected chi connectivity index (χ3v) is 5.43. The topological polar surface area (TPSA) is 103 Å². The van der Waals surface area contributed by atoms with E-state index in [1.165, 1.54) is 23.1 Å². The van der Waals surface area contributed by atoms with Crippen LogP contribution in [0.15, 0.2) is 44.1 Å². The van der Waals surface area contributed by atoms with E-state index in [4.69, 9.17) is 13.9 Å². The number of aromatic amines is 1. The third kappa shape index (κ3) is 3.67. The minimum absolute atomic E-state index is 0.139. The standard InChI is InChI=1S/C17H14N4O4S2/c1-23-10-5-9(6-11(7-10)24-2)16-20-21-17(25-16)27-8-13-18-12-3-4-26-14(12)15(22)19-13/h3-7H,8H2,1-2H3,(H,18,19,22). The lowest BCUT2D eigenvalue weighted by atomic mass is 10.2. The number of fused-ring (bicyclic) bond motifs is 1. The summed E-state index contributed by atoms with van der Waals surface area (Å²) < 4.78 is 16.8. The molecule has 0 unspecified atom stereocenters. The molecule has 3 aromatic heterocycles. The summed E-state index contributed by atoms with van der Waals surface area (Å²) in [6.07, 6.45) is 0. The maximum absolute atomic E-state index is 12.0. The van der Waals surface area contributed by atoms with Crippen LogP contribution >= 0.6 is 23.1 Å². The van der Waals surface area contributed by atoms with Crippen LogP contribution in [0.25, 0.3) is 21.7 Å². The monoisotopic (exact) mass is 402 g/mol. The SMILES string of the molecule is COc1cc(OC)cc(-c2nnc(SCc3nc4ccsc4c(=O)[nH]3)o2)c1. The zero-order valence-corrected chi connectivity index (χ0v) is 16.0. The first kappa shape index (κ1) is 17.6. The van der Waals surface area contributed by atoms with Gasteiger partial charge in [-0.2, -0.15) is 0 Å². The molecule has 0 aliphatic heterocycles. The molecule has 27 heavy (non-hydrogen) atoms. The van der Waals surface area contributed by atoms with Crippen LogP contribution in [0.2, 0.25) is 0 Å². The van der Waals surface area contributed by atoms with E-state index in [0.29, 0.717) is 50.0 Å². The van der Waals surface area contributed by atoms with Gasteiger partial charge < -0.3 is 18.9 Å². The second kappa shape index (κ2) is 7.41. The highest BCUT2D eigenvalue weighted by atomic mass is 32.2. The first-order valence-corrected chi connectivity index (χ1v) is 9.69. The van der Waals surface area contributed by atoms with Crippen LogP contribution in [0.4, 0.5) is 0 Å². The van der Waals surface area contributed by atoms with Crippen LogP contribution in [0, 0.1) is 0 Å². The number of rotatable bonds is 6. The van der Waals surface area contributed by atoms with Gasteiger partial charge in [0.25, 0.3) is 10.8 Å². The van der Waals surface area contributed by atoms with Gasteiger partial charge in [0, 0.05) is 11.6 Å². The lowest BCUT2D eigenvalue weighted by Gasteiger charge is -2.05. The number of nitrogens with zero attached hydrogens (tertiary/aromatic N) is 3. The van der Waals surface area contributed by atoms with Gasteiger partial charge in [-0.25, -0.2) is 4.98 Å². The maximum atomic E-state index is 12.0. The molecule has 0 spiro atoms. The number of aromatic nitrogens is 4. The van der Waals surface area contributed by atoms with Gasteiger partial charge in [-0.15, -0.1) is 21.5 Å². The van der Waals surface area contributed by atoms with Crippen molar-refractivity contribution in [2.24, 2.45) is 0 Å². The summed E-state index contributed by atoms with van der Waals surface area (Å²) in [5, 5.41) is 10.3. The van der Waals surface area contributed by atoms with E-state index in [1.807, 2.05) is 11.4 Å². The fourth-order valence-corrected chi connectivity index (χ4v) is 3.79. The summed E-state index contributed by atoms with van der Waals surface area (Å²) in [6.45, 7) is 0. The molecule has 1 N–H and O–H groups in total.